The molecule has 0 radical (unpaired) electrons. The molecule has 1 heterocycles. The van der Waals surface area contributed by atoms with Crippen LogP contribution in [-0.4, -0.2) is 17.2 Å². The van der Waals surface area contributed by atoms with Crippen LogP contribution in [0.2, 0.25) is 0 Å². The summed E-state index contributed by atoms with van der Waals surface area (Å²) in [5.74, 6) is -0.537. The van der Waals surface area contributed by atoms with Crippen molar-refractivity contribution in [2.24, 2.45) is 0 Å². The summed E-state index contributed by atoms with van der Waals surface area (Å²) in [7, 11) is 0. The molecule has 4 aromatic carbocycles. The number of hydrogen-bond donors (Lipinski definition) is 1. The quantitative estimate of drug-likeness (QED) is 0.193. The van der Waals surface area contributed by atoms with Gasteiger partial charge in [-0.3, -0.25) is 0 Å². The number of hydrogen-bond acceptors (Lipinski definition) is 3. The summed E-state index contributed by atoms with van der Waals surface area (Å²) in [4.78, 5) is 13.3. The fraction of sp³-hybridized carbons (Fsp3) is 0.138. The van der Waals surface area contributed by atoms with Crippen molar-refractivity contribution in [3.8, 4) is 16.9 Å². The van der Waals surface area contributed by atoms with Crippen LogP contribution in [0.3, 0.4) is 0 Å². The Morgan fingerprint density at radius 3 is 2.19 bits per heavy atom. The van der Waals surface area contributed by atoms with Gasteiger partial charge in [0.05, 0.1) is 13.6 Å². The molecule has 0 amide bonds. The van der Waals surface area contributed by atoms with Crippen LogP contribution in [0, 0.1) is 13.8 Å². The molecule has 0 spiro atoms. The minimum Gasteiger partial charge on any atom is -0.478 e. The Kier molecular flexibility index (Phi) is 7.27. The topological polar surface area (TPSA) is 46.5 Å². The Balaban J connectivity index is 1.64. The second kappa shape index (κ2) is 10.3. The molecule has 0 saturated heterocycles. The van der Waals surface area contributed by atoms with Crippen molar-refractivity contribution in [3.05, 3.63) is 96.2 Å². The van der Waals surface area contributed by atoms with Crippen LogP contribution in [0.5, 0.6) is 5.75 Å². The summed E-state index contributed by atoms with van der Waals surface area (Å²) in [6.45, 7) is 4.32. The van der Waals surface area contributed by atoms with Crippen molar-refractivity contribution in [2.45, 2.75) is 26.4 Å². The molecule has 0 bridgehead atoms. The number of benzene rings is 4. The van der Waals surface area contributed by atoms with Gasteiger partial charge in [0.1, 0.15) is 5.75 Å². The minimum absolute atomic E-state index is 0.266. The summed E-state index contributed by atoms with van der Waals surface area (Å²) in [5.41, 5.74) is 4.34. The number of thiophene rings is 1. The van der Waals surface area contributed by atoms with Crippen molar-refractivity contribution in [3.63, 3.8) is 0 Å². The average Bonchev–Trinajstić information content (AvgIpc) is 3.16. The van der Waals surface area contributed by atoms with Crippen LogP contribution < -0.4 is 4.74 Å². The highest BCUT2D eigenvalue weighted by molar-refractivity contribution is 9.11. The van der Waals surface area contributed by atoms with Crippen LogP contribution in [-0.2, 0) is 11.2 Å². The van der Waals surface area contributed by atoms with Gasteiger partial charge in [0, 0.05) is 21.2 Å². The summed E-state index contributed by atoms with van der Waals surface area (Å²) >= 11 is 13.0. The second-order valence-electron chi connectivity index (χ2n) is 8.63. The lowest BCUT2D eigenvalue weighted by Crippen LogP contribution is -2.29. The predicted octanol–water partition coefficient (Wildman–Crippen LogP) is 9.70. The van der Waals surface area contributed by atoms with E-state index < -0.39 is 12.1 Å². The first-order valence-corrected chi connectivity index (χ1v) is 14.5. The van der Waals surface area contributed by atoms with Gasteiger partial charge >= 0.3 is 5.97 Å². The summed E-state index contributed by atoms with van der Waals surface area (Å²) < 4.78 is 9.77. The molecule has 1 unspecified atom stereocenters. The molecule has 1 atom stereocenters. The van der Waals surface area contributed by atoms with E-state index in [0.717, 1.165) is 31.9 Å². The van der Waals surface area contributed by atoms with Gasteiger partial charge in [-0.1, -0.05) is 54.6 Å². The molecule has 0 aliphatic rings. The van der Waals surface area contributed by atoms with Crippen LogP contribution >= 0.6 is 59.1 Å². The zero-order chi connectivity index (χ0) is 25.6. The van der Waals surface area contributed by atoms with Crippen molar-refractivity contribution < 1.29 is 14.6 Å². The molecule has 3 nitrogen and oxygen atoms in total. The smallest absolute Gasteiger partial charge is 0.345 e. The van der Waals surface area contributed by atoms with Gasteiger partial charge in [-0.25, -0.2) is 4.79 Å². The van der Waals surface area contributed by atoms with Crippen LogP contribution in [0.1, 0.15) is 16.0 Å². The van der Waals surface area contributed by atoms with Gasteiger partial charge in [-0.2, -0.15) is 0 Å². The van der Waals surface area contributed by atoms with Crippen molar-refractivity contribution >= 4 is 86.0 Å². The van der Waals surface area contributed by atoms with Gasteiger partial charge in [0.15, 0.2) is 6.10 Å². The van der Waals surface area contributed by atoms with E-state index in [0.29, 0.717) is 14.7 Å². The number of aryl methyl sites for hydroxylation is 2. The number of aliphatic carboxylic acids is 1. The first kappa shape index (κ1) is 25.5. The van der Waals surface area contributed by atoms with E-state index in [4.69, 9.17) is 4.74 Å². The van der Waals surface area contributed by atoms with E-state index in [1.165, 1.54) is 20.5 Å². The summed E-state index contributed by atoms with van der Waals surface area (Å²) in [6, 6.07) is 21.9. The molecule has 5 aromatic rings. The predicted molar refractivity (Wildman–Crippen MR) is 160 cm³/mol. The third-order valence-electron chi connectivity index (χ3n) is 6.35. The Morgan fingerprint density at radius 2 is 1.56 bits per heavy atom. The average molecular weight is 689 g/mol. The highest BCUT2D eigenvalue weighted by Crippen LogP contribution is 2.49. The van der Waals surface area contributed by atoms with Crippen LogP contribution in [0.4, 0.5) is 0 Å². The molecule has 0 aliphatic heterocycles. The lowest BCUT2D eigenvalue weighted by molar-refractivity contribution is -0.145. The van der Waals surface area contributed by atoms with E-state index in [-0.39, 0.29) is 6.42 Å². The normalized spacial score (nSPS) is 12.2. The molecule has 5 rings (SSSR count). The second-order valence-corrected chi connectivity index (χ2v) is 12.4. The molecule has 182 valence electrons. The third-order valence-corrected chi connectivity index (χ3v) is 9.84. The van der Waals surface area contributed by atoms with Gasteiger partial charge in [-0.15, -0.1) is 11.3 Å². The first-order chi connectivity index (χ1) is 17.3. The van der Waals surface area contributed by atoms with E-state index >= 15 is 0 Å². The number of rotatable bonds is 6. The van der Waals surface area contributed by atoms with Crippen molar-refractivity contribution in [1.29, 1.82) is 0 Å². The Labute approximate surface area is 238 Å². The molecule has 0 saturated carbocycles. The lowest BCUT2D eigenvalue weighted by Gasteiger charge is -2.19. The molecule has 36 heavy (non-hydrogen) atoms. The van der Waals surface area contributed by atoms with Gasteiger partial charge in [0.25, 0.3) is 0 Å². The number of carboxylic acids is 1. The molecule has 1 N–H and O–H groups in total. The number of carboxylic acid groups (broad SMARTS) is 1. The minimum atomic E-state index is -1.02. The zero-order valence-corrected chi connectivity index (χ0v) is 25.0. The van der Waals surface area contributed by atoms with E-state index in [9.17, 15) is 9.90 Å². The standard InChI is InChI=1S/C29H21Br3O3S/c1-15-16(2)36-28-24(15)25(19-10-6-7-11-20(19)26(28)32)18-13-21(30)27(22(31)14-18)35-23(29(33)34)12-17-8-4-3-5-9-17/h3-11,13-14,23H,12H2,1-2H3,(H,33,34). The Morgan fingerprint density at radius 1 is 0.944 bits per heavy atom. The lowest BCUT2D eigenvalue weighted by atomic mass is 9.93. The highest BCUT2D eigenvalue weighted by atomic mass is 79.9. The molecule has 7 heteroatoms. The van der Waals surface area contributed by atoms with E-state index in [1.54, 1.807) is 11.3 Å². The fourth-order valence-electron chi connectivity index (χ4n) is 4.50. The maximum absolute atomic E-state index is 12.0. The first-order valence-electron chi connectivity index (χ1n) is 11.3. The van der Waals surface area contributed by atoms with Gasteiger partial charge in [0.2, 0.25) is 0 Å². The van der Waals surface area contributed by atoms with E-state index in [2.05, 4.69) is 85.9 Å². The molecule has 0 aliphatic carbocycles. The maximum Gasteiger partial charge on any atom is 0.345 e. The number of ether oxygens (including phenoxy) is 1. The van der Waals surface area contributed by atoms with Crippen LogP contribution in [0.15, 0.2) is 80.1 Å². The summed E-state index contributed by atoms with van der Waals surface area (Å²) in [5, 5.41) is 13.4. The van der Waals surface area contributed by atoms with Crippen LogP contribution in [0.25, 0.3) is 32.0 Å². The Bertz CT molecular complexity index is 1600. The fourth-order valence-corrected chi connectivity index (χ4v) is 7.78. The van der Waals surface area contributed by atoms with Gasteiger partial charge < -0.3 is 9.84 Å². The number of carbonyl (C=O) groups is 1. The highest BCUT2D eigenvalue weighted by Gasteiger charge is 2.24. The largest absolute Gasteiger partial charge is 0.478 e. The molecular formula is C29H21Br3O3S. The number of halogens is 3. The van der Waals surface area contributed by atoms with Crippen molar-refractivity contribution in [1.82, 2.24) is 0 Å². The zero-order valence-electron chi connectivity index (χ0n) is 19.4. The number of fused-ring (bicyclic) bond motifs is 2. The summed E-state index contributed by atoms with van der Waals surface area (Å²) in [6.07, 6.45) is -0.754. The van der Waals surface area contributed by atoms with Crippen molar-refractivity contribution in [2.75, 3.05) is 0 Å². The monoisotopic (exact) mass is 686 g/mol. The molecule has 0 fully saturated rings. The van der Waals surface area contributed by atoms with E-state index in [1.807, 2.05) is 42.5 Å². The maximum atomic E-state index is 12.0. The van der Waals surface area contributed by atoms with Gasteiger partial charge in [-0.05, 0) is 107 Å². The Hall–Kier alpha value is -2.19. The molecular weight excluding hydrogens is 668 g/mol. The SMILES string of the molecule is Cc1sc2c(Br)c3ccccc3c(-c3cc(Br)c(OC(Cc4ccccc4)C(=O)O)c(Br)c3)c2c1C. The third kappa shape index (κ3) is 4.62. The molecule has 1 aromatic heterocycles.